The Kier molecular flexibility index (Phi) is 2.74. The minimum absolute atomic E-state index is 0.895. The largest absolute Gasteiger partial charge is 0.359 e. The molecule has 94 valence electrons. The predicted octanol–water partition coefficient (Wildman–Crippen LogP) is 1.74. The molecule has 0 aliphatic carbocycles. The van der Waals surface area contributed by atoms with Gasteiger partial charge in [0.25, 0.3) is 0 Å². The lowest BCUT2D eigenvalue weighted by Crippen LogP contribution is -2.13. The van der Waals surface area contributed by atoms with Crippen LogP contribution in [0.1, 0.15) is 18.9 Å². The van der Waals surface area contributed by atoms with E-state index in [1.165, 1.54) is 5.56 Å². The molecule has 2 aromatic rings. The third kappa shape index (κ3) is 1.75. The van der Waals surface area contributed by atoms with Crippen LogP contribution < -0.4 is 4.90 Å². The number of anilines is 1. The average Bonchev–Trinajstić information content (AvgIpc) is 2.97. The van der Waals surface area contributed by atoms with Gasteiger partial charge in [0.15, 0.2) is 5.82 Å². The summed E-state index contributed by atoms with van der Waals surface area (Å²) in [5, 5.41) is 4.26. The molecule has 0 N–H and O–H groups in total. The second-order valence-electron chi connectivity index (χ2n) is 4.69. The number of aromatic nitrogens is 4. The van der Waals surface area contributed by atoms with E-state index < -0.39 is 0 Å². The first-order chi connectivity index (χ1) is 8.79. The highest BCUT2D eigenvalue weighted by Crippen LogP contribution is 2.27. The number of aryl methyl sites for hydroxylation is 1. The van der Waals surface area contributed by atoms with Crippen molar-refractivity contribution in [1.82, 2.24) is 19.7 Å². The van der Waals surface area contributed by atoms with Gasteiger partial charge in [0, 0.05) is 31.9 Å². The van der Waals surface area contributed by atoms with Crippen LogP contribution in [0.3, 0.4) is 0 Å². The molecule has 0 unspecified atom stereocenters. The van der Waals surface area contributed by atoms with Crippen LogP contribution in [0.2, 0.25) is 0 Å². The van der Waals surface area contributed by atoms with E-state index in [2.05, 4.69) is 40.0 Å². The standard InChI is InChI=1S/C13H17N5/c1-3-5-18-13(15-9-16-18)11-7-10-4-6-17(2)12(10)14-8-11/h7-9H,3-6H2,1-2H3. The number of fused-ring (bicyclic) bond motifs is 1. The second kappa shape index (κ2) is 4.40. The lowest BCUT2D eigenvalue weighted by molar-refractivity contribution is 0.608. The zero-order valence-electron chi connectivity index (χ0n) is 10.8. The molecule has 3 heterocycles. The Morgan fingerprint density at radius 2 is 2.22 bits per heavy atom. The molecule has 5 nitrogen and oxygen atoms in total. The summed E-state index contributed by atoms with van der Waals surface area (Å²) in [5.74, 6) is 2.02. The summed E-state index contributed by atoms with van der Waals surface area (Å²) in [5.41, 5.74) is 2.37. The van der Waals surface area contributed by atoms with Gasteiger partial charge in [-0.3, -0.25) is 0 Å². The van der Waals surface area contributed by atoms with Gasteiger partial charge in [-0.05, 0) is 24.5 Å². The lowest BCUT2D eigenvalue weighted by atomic mass is 10.1. The number of hydrogen-bond acceptors (Lipinski definition) is 4. The van der Waals surface area contributed by atoms with Crippen LogP contribution in [0.25, 0.3) is 11.4 Å². The van der Waals surface area contributed by atoms with E-state index in [-0.39, 0.29) is 0 Å². The quantitative estimate of drug-likeness (QED) is 0.824. The minimum Gasteiger partial charge on any atom is -0.359 e. The fourth-order valence-corrected chi connectivity index (χ4v) is 2.41. The van der Waals surface area contributed by atoms with Crippen LogP contribution in [0, 0.1) is 0 Å². The highest BCUT2D eigenvalue weighted by molar-refractivity contribution is 5.62. The highest BCUT2D eigenvalue weighted by atomic mass is 15.3. The van der Waals surface area contributed by atoms with Gasteiger partial charge in [-0.2, -0.15) is 5.10 Å². The van der Waals surface area contributed by atoms with E-state index in [4.69, 9.17) is 0 Å². The molecule has 1 aliphatic rings. The van der Waals surface area contributed by atoms with Gasteiger partial charge in [0.2, 0.25) is 0 Å². The van der Waals surface area contributed by atoms with Gasteiger partial charge in [-0.15, -0.1) is 0 Å². The van der Waals surface area contributed by atoms with E-state index in [9.17, 15) is 0 Å². The van der Waals surface area contributed by atoms with E-state index >= 15 is 0 Å². The molecule has 0 radical (unpaired) electrons. The molecule has 18 heavy (non-hydrogen) atoms. The third-order valence-electron chi connectivity index (χ3n) is 3.33. The van der Waals surface area contributed by atoms with Crippen LogP contribution in [0.15, 0.2) is 18.6 Å². The molecule has 0 atom stereocenters. The Morgan fingerprint density at radius 1 is 1.33 bits per heavy atom. The minimum atomic E-state index is 0.895. The number of likely N-dealkylation sites (N-methyl/N-ethyl adjacent to an activating group) is 1. The maximum absolute atomic E-state index is 4.54. The Balaban J connectivity index is 2.00. The number of pyridine rings is 1. The van der Waals surface area contributed by atoms with Crippen molar-refractivity contribution in [2.24, 2.45) is 0 Å². The van der Waals surface area contributed by atoms with Crippen molar-refractivity contribution in [1.29, 1.82) is 0 Å². The number of rotatable bonds is 3. The molecule has 0 amide bonds. The molecule has 0 saturated carbocycles. The first kappa shape index (κ1) is 11.2. The smallest absolute Gasteiger partial charge is 0.159 e. The summed E-state index contributed by atoms with van der Waals surface area (Å²) in [7, 11) is 2.08. The Morgan fingerprint density at radius 3 is 3.06 bits per heavy atom. The molecular formula is C13H17N5. The van der Waals surface area contributed by atoms with Crippen LogP contribution in [0.5, 0.6) is 0 Å². The Bertz CT molecular complexity index is 560. The Hall–Kier alpha value is -1.91. The average molecular weight is 243 g/mol. The predicted molar refractivity (Wildman–Crippen MR) is 70.5 cm³/mol. The van der Waals surface area contributed by atoms with Gasteiger partial charge in [0.1, 0.15) is 12.1 Å². The monoisotopic (exact) mass is 243 g/mol. The SMILES string of the molecule is CCCn1ncnc1-c1cnc2c(c1)CCN2C. The van der Waals surface area contributed by atoms with Gasteiger partial charge < -0.3 is 4.90 Å². The van der Waals surface area contributed by atoms with E-state index in [1.807, 2.05) is 10.9 Å². The number of nitrogens with zero attached hydrogens (tertiary/aromatic N) is 5. The zero-order valence-corrected chi connectivity index (χ0v) is 10.8. The normalized spacial score (nSPS) is 14.0. The van der Waals surface area contributed by atoms with Crippen LogP contribution in [-0.4, -0.2) is 33.3 Å². The molecule has 5 heteroatoms. The van der Waals surface area contributed by atoms with Crippen LogP contribution in [-0.2, 0) is 13.0 Å². The molecular weight excluding hydrogens is 226 g/mol. The van der Waals surface area contributed by atoms with Crippen LogP contribution in [0.4, 0.5) is 5.82 Å². The number of hydrogen-bond donors (Lipinski definition) is 0. The van der Waals surface area contributed by atoms with Crippen molar-refractivity contribution in [2.75, 3.05) is 18.5 Å². The maximum Gasteiger partial charge on any atom is 0.159 e. The van der Waals surface area contributed by atoms with Crippen molar-refractivity contribution < 1.29 is 0 Å². The fourth-order valence-electron chi connectivity index (χ4n) is 2.41. The first-order valence-corrected chi connectivity index (χ1v) is 6.38. The lowest BCUT2D eigenvalue weighted by Gasteiger charge is -2.10. The summed E-state index contributed by atoms with van der Waals surface area (Å²) in [6.45, 7) is 4.08. The van der Waals surface area contributed by atoms with E-state index in [0.29, 0.717) is 0 Å². The van der Waals surface area contributed by atoms with Crippen molar-refractivity contribution in [3.63, 3.8) is 0 Å². The summed E-state index contributed by atoms with van der Waals surface area (Å²) in [6.07, 6.45) is 5.63. The summed E-state index contributed by atoms with van der Waals surface area (Å²) < 4.78 is 1.95. The first-order valence-electron chi connectivity index (χ1n) is 6.38. The summed E-state index contributed by atoms with van der Waals surface area (Å²) >= 11 is 0. The highest BCUT2D eigenvalue weighted by Gasteiger charge is 2.18. The van der Waals surface area contributed by atoms with Crippen molar-refractivity contribution in [3.8, 4) is 11.4 Å². The summed E-state index contributed by atoms with van der Waals surface area (Å²) in [6, 6.07) is 2.20. The van der Waals surface area contributed by atoms with Gasteiger partial charge in [-0.25, -0.2) is 14.6 Å². The fraction of sp³-hybridized carbons (Fsp3) is 0.462. The Labute approximate surface area is 106 Å². The molecule has 0 spiro atoms. The topological polar surface area (TPSA) is 46.8 Å². The van der Waals surface area contributed by atoms with E-state index in [1.54, 1.807) is 6.33 Å². The molecule has 0 saturated heterocycles. The van der Waals surface area contributed by atoms with Gasteiger partial charge >= 0.3 is 0 Å². The molecule has 0 bridgehead atoms. The molecule has 1 aliphatic heterocycles. The van der Waals surface area contributed by atoms with Gasteiger partial charge in [0.05, 0.1) is 0 Å². The molecule has 0 aromatic carbocycles. The summed E-state index contributed by atoms with van der Waals surface area (Å²) in [4.78, 5) is 11.1. The zero-order chi connectivity index (χ0) is 12.5. The van der Waals surface area contributed by atoms with Crippen LogP contribution >= 0.6 is 0 Å². The maximum atomic E-state index is 4.54. The van der Waals surface area contributed by atoms with Gasteiger partial charge in [-0.1, -0.05) is 6.92 Å². The van der Waals surface area contributed by atoms with Crippen molar-refractivity contribution >= 4 is 5.82 Å². The molecule has 3 rings (SSSR count). The second-order valence-corrected chi connectivity index (χ2v) is 4.69. The van der Waals surface area contributed by atoms with Crippen molar-refractivity contribution in [3.05, 3.63) is 24.2 Å². The molecule has 2 aromatic heterocycles. The van der Waals surface area contributed by atoms with E-state index in [0.717, 1.165) is 43.1 Å². The third-order valence-corrected chi connectivity index (χ3v) is 3.33. The van der Waals surface area contributed by atoms with Crippen molar-refractivity contribution in [2.45, 2.75) is 26.3 Å². The molecule has 0 fully saturated rings.